The lowest BCUT2D eigenvalue weighted by Crippen LogP contribution is -2.45. The topological polar surface area (TPSA) is 78.9 Å². The van der Waals surface area contributed by atoms with E-state index in [1.807, 2.05) is 0 Å². The maximum atomic E-state index is 13.0. The first-order valence-electron chi connectivity index (χ1n) is 7.12. The van der Waals surface area contributed by atoms with Gasteiger partial charge in [0.1, 0.15) is 18.2 Å². The molecule has 0 aromatic heterocycles. The van der Waals surface area contributed by atoms with E-state index in [2.05, 4.69) is 5.32 Å². The number of nitrogens with one attached hydrogen (secondary N) is 1. The summed E-state index contributed by atoms with van der Waals surface area (Å²) in [7, 11) is 0. The van der Waals surface area contributed by atoms with Crippen molar-refractivity contribution in [2.75, 3.05) is 19.7 Å². The largest absolute Gasteiger partial charge is 0.491 e. The predicted molar refractivity (Wildman–Crippen MR) is 77.2 cm³/mol. The molecule has 1 fully saturated rings. The van der Waals surface area contributed by atoms with E-state index in [0.717, 1.165) is 0 Å². The van der Waals surface area contributed by atoms with E-state index in [1.165, 1.54) is 17.0 Å². The van der Waals surface area contributed by atoms with Crippen molar-refractivity contribution in [2.24, 2.45) is 5.92 Å². The summed E-state index contributed by atoms with van der Waals surface area (Å²) < 4.78 is 18.4. The smallest absolute Gasteiger partial charge is 0.317 e. The number of hydrogen-bond donors (Lipinski definition) is 2. The minimum Gasteiger partial charge on any atom is -0.491 e. The van der Waals surface area contributed by atoms with Crippen LogP contribution in [-0.2, 0) is 4.79 Å². The molecular formula is C15H19FN2O4. The van der Waals surface area contributed by atoms with Crippen molar-refractivity contribution in [1.29, 1.82) is 0 Å². The molecule has 0 saturated carbocycles. The zero-order chi connectivity index (χ0) is 16.1. The number of benzene rings is 1. The van der Waals surface area contributed by atoms with Gasteiger partial charge in [-0.1, -0.05) is 6.07 Å². The van der Waals surface area contributed by atoms with Crippen molar-refractivity contribution in [2.45, 2.75) is 19.4 Å². The van der Waals surface area contributed by atoms with Gasteiger partial charge in [-0.05, 0) is 25.5 Å². The molecule has 6 nitrogen and oxygen atoms in total. The van der Waals surface area contributed by atoms with Gasteiger partial charge in [0.15, 0.2) is 0 Å². The number of carbonyl (C=O) groups excluding carboxylic acids is 1. The number of carboxylic acid groups (broad SMARTS) is 1. The van der Waals surface area contributed by atoms with E-state index in [1.54, 1.807) is 19.1 Å². The molecule has 2 unspecified atom stereocenters. The highest BCUT2D eigenvalue weighted by Crippen LogP contribution is 2.16. The fraction of sp³-hybridized carbons (Fsp3) is 0.467. The fourth-order valence-corrected chi connectivity index (χ4v) is 2.27. The third kappa shape index (κ3) is 4.34. The van der Waals surface area contributed by atoms with Crippen molar-refractivity contribution in [1.82, 2.24) is 10.2 Å². The van der Waals surface area contributed by atoms with Crippen LogP contribution in [0.15, 0.2) is 24.3 Å². The number of hydrogen-bond acceptors (Lipinski definition) is 3. The Morgan fingerprint density at radius 3 is 2.95 bits per heavy atom. The fourth-order valence-electron chi connectivity index (χ4n) is 2.27. The van der Waals surface area contributed by atoms with Crippen LogP contribution in [0.1, 0.15) is 13.3 Å². The zero-order valence-corrected chi connectivity index (χ0v) is 12.3. The van der Waals surface area contributed by atoms with E-state index >= 15 is 0 Å². The highest BCUT2D eigenvalue weighted by molar-refractivity contribution is 5.77. The summed E-state index contributed by atoms with van der Waals surface area (Å²) >= 11 is 0. The van der Waals surface area contributed by atoms with Gasteiger partial charge in [0, 0.05) is 19.2 Å². The summed E-state index contributed by atoms with van der Waals surface area (Å²) in [5.41, 5.74) is 0. The number of amides is 2. The van der Waals surface area contributed by atoms with Crippen LogP contribution in [0.25, 0.3) is 0 Å². The van der Waals surface area contributed by atoms with Crippen molar-refractivity contribution in [3.8, 4) is 5.75 Å². The molecule has 120 valence electrons. The second-order valence-electron chi connectivity index (χ2n) is 5.39. The Morgan fingerprint density at radius 2 is 2.32 bits per heavy atom. The van der Waals surface area contributed by atoms with Gasteiger partial charge >= 0.3 is 12.0 Å². The van der Waals surface area contributed by atoms with E-state index in [-0.39, 0.29) is 31.0 Å². The number of likely N-dealkylation sites (tertiary alicyclic amines) is 1. The predicted octanol–water partition coefficient (Wildman–Crippen LogP) is 1.71. The first-order chi connectivity index (χ1) is 10.5. The average Bonchev–Trinajstić information content (AvgIpc) is 2.95. The quantitative estimate of drug-likeness (QED) is 0.868. The number of nitrogens with zero attached hydrogens (tertiary/aromatic N) is 1. The standard InChI is InChI=1S/C15H19FN2O4/c1-10(9-22-13-4-2-3-12(16)7-13)17-15(21)18-6-5-11(8-18)14(19)20/h2-4,7,10-11H,5-6,8-9H2,1H3,(H,17,21)(H,19,20). The van der Waals surface area contributed by atoms with E-state index in [0.29, 0.717) is 18.7 Å². The van der Waals surface area contributed by atoms with Gasteiger partial charge in [0.2, 0.25) is 0 Å². The Morgan fingerprint density at radius 1 is 1.55 bits per heavy atom. The minimum absolute atomic E-state index is 0.200. The van der Waals surface area contributed by atoms with Gasteiger partial charge in [-0.2, -0.15) is 0 Å². The second kappa shape index (κ2) is 7.11. The number of aliphatic carboxylic acids is 1. The normalized spacial score (nSPS) is 18.8. The third-order valence-electron chi connectivity index (χ3n) is 3.49. The molecule has 2 N–H and O–H groups in total. The Balaban J connectivity index is 1.76. The summed E-state index contributed by atoms with van der Waals surface area (Å²) in [4.78, 5) is 24.3. The summed E-state index contributed by atoms with van der Waals surface area (Å²) in [5.74, 6) is -1.36. The van der Waals surface area contributed by atoms with Crippen LogP contribution in [0.3, 0.4) is 0 Å². The summed E-state index contributed by atoms with van der Waals surface area (Å²) in [6.07, 6.45) is 0.469. The van der Waals surface area contributed by atoms with Gasteiger partial charge in [-0.25, -0.2) is 9.18 Å². The highest BCUT2D eigenvalue weighted by atomic mass is 19.1. The first-order valence-corrected chi connectivity index (χ1v) is 7.12. The van der Waals surface area contributed by atoms with Crippen molar-refractivity contribution in [3.05, 3.63) is 30.1 Å². The molecule has 1 aliphatic heterocycles. The summed E-state index contributed by atoms with van der Waals surface area (Å²) in [6, 6.07) is 5.19. The van der Waals surface area contributed by atoms with Crippen LogP contribution >= 0.6 is 0 Å². The van der Waals surface area contributed by atoms with Crippen molar-refractivity contribution in [3.63, 3.8) is 0 Å². The van der Waals surface area contributed by atoms with Crippen LogP contribution in [0.2, 0.25) is 0 Å². The van der Waals surface area contributed by atoms with Crippen LogP contribution in [0.5, 0.6) is 5.75 Å². The lowest BCUT2D eigenvalue weighted by Gasteiger charge is -2.21. The molecule has 1 aliphatic rings. The molecule has 0 aliphatic carbocycles. The maximum absolute atomic E-state index is 13.0. The van der Waals surface area contributed by atoms with Gasteiger partial charge in [-0.3, -0.25) is 4.79 Å². The highest BCUT2D eigenvalue weighted by Gasteiger charge is 2.31. The third-order valence-corrected chi connectivity index (χ3v) is 3.49. The number of carboxylic acids is 1. The molecule has 0 spiro atoms. The minimum atomic E-state index is -0.877. The molecule has 1 saturated heterocycles. The molecule has 0 bridgehead atoms. The van der Waals surface area contributed by atoms with E-state index in [9.17, 15) is 14.0 Å². The molecule has 1 aromatic carbocycles. The van der Waals surface area contributed by atoms with Gasteiger partial charge in [0.25, 0.3) is 0 Å². The molecule has 7 heteroatoms. The molecular weight excluding hydrogens is 291 g/mol. The summed E-state index contributed by atoms with van der Waals surface area (Å²) in [6.45, 7) is 2.62. The number of ether oxygens (including phenoxy) is 1. The van der Waals surface area contributed by atoms with E-state index < -0.39 is 11.9 Å². The second-order valence-corrected chi connectivity index (χ2v) is 5.39. The van der Waals surface area contributed by atoms with Crippen molar-refractivity contribution < 1.29 is 23.8 Å². The maximum Gasteiger partial charge on any atom is 0.317 e. The molecule has 2 rings (SSSR count). The Labute approximate surface area is 127 Å². The van der Waals surface area contributed by atoms with Crippen LogP contribution < -0.4 is 10.1 Å². The van der Waals surface area contributed by atoms with Gasteiger partial charge < -0.3 is 20.1 Å². The van der Waals surface area contributed by atoms with Crippen LogP contribution in [0, 0.1) is 11.7 Å². The Kier molecular flexibility index (Phi) is 5.19. The monoisotopic (exact) mass is 310 g/mol. The zero-order valence-electron chi connectivity index (χ0n) is 12.3. The van der Waals surface area contributed by atoms with Gasteiger partial charge in [0.05, 0.1) is 12.0 Å². The Bertz CT molecular complexity index is 552. The number of halogens is 1. The van der Waals surface area contributed by atoms with E-state index in [4.69, 9.17) is 9.84 Å². The number of urea groups is 1. The molecule has 1 heterocycles. The molecule has 1 aromatic rings. The van der Waals surface area contributed by atoms with Gasteiger partial charge in [-0.15, -0.1) is 0 Å². The Hall–Kier alpha value is -2.31. The summed E-state index contributed by atoms with van der Waals surface area (Å²) in [5, 5.41) is 11.7. The van der Waals surface area contributed by atoms with Crippen molar-refractivity contribution >= 4 is 12.0 Å². The molecule has 22 heavy (non-hydrogen) atoms. The first kappa shape index (κ1) is 16.1. The lowest BCUT2D eigenvalue weighted by molar-refractivity contribution is -0.141. The SMILES string of the molecule is CC(COc1cccc(F)c1)NC(=O)N1CCC(C(=O)O)C1. The van der Waals surface area contributed by atoms with Crippen LogP contribution in [0.4, 0.5) is 9.18 Å². The lowest BCUT2D eigenvalue weighted by atomic mass is 10.1. The molecule has 2 amide bonds. The number of rotatable bonds is 5. The molecule has 0 radical (unpaired) electrons. The molecule has 2 atom stereocenters. The average molecular weight is 310 g/mol. The van der Waals surface area contributed by atoms with Crippen LogP contribution in [-0.4, -0.2) is 47.7 Å². The number of carbonyl (C=O) groups is 2.